The van der Waals surface area contributed by atoms with Gasteiger partial charge in [-0.1, -0.05) is 17.7 Å². The average molecular weight is 377 g/mol. The van der Waals surface area contributed by atoms with Gasteiger partial charge in [0.25, 0.3) is 17.5 Å². The lowest BCUT2D eigenvalue weighted by atomic mass is 10.2. The molecular weight excluding hydrogens is 364 g/mol. The first kappa shape index (κ1) is 18.9. The molecular formula is C16H13ClN4O5. The zero-order chi connectivity index (χ0) is 19.1. The second-order valence-corrected chi connectivity index (χ2v) is 5.42. The molecule has 2 amide bonds. The molecule has 0 radical (unpaired) electrons. The van der Waals surface area contributed by atoms with Gasteiger partial charge >= 0.3 is 0 Å². The number of rotatable bonds is 6. The Labute approximate surface area is 152 Å². The smallest absolute Gasteiger partial charge is 0.270 e. The Bertz CT molecular complexity index is 885. The van der Waals surface area contributed by atoms with Gasteiger partial charge in [0.1, 0.15) is 5.75 Å². The normalized spacial score (nSPS) is 10.5. The molecule has 0 saturated carbocycles. The number of amides is 2. The molecule has 3 N–H and O–H groups in total. The van der Waals surface area contributed by atoms with Crippen LogP contribution in [0.2, 0.25) is 5.02 Å². The lowest BCUT2D eigenvalue weighted by Crippen LogP contribution is -2.34. The number of halogens is 1. The lowest BCUT2D eigenvalue weighted by molar-refractivity contribution is -0.384. The van der Waals surface area contributed by atoms with Gasteiger partial charge in [-0.05, 0) is 24.3 Å². The number of aromatic hydroxyl groups is 1. The van der Waals surface area contributed by atoms with E-state index in [9.17, 15) is 24.8 Å². The van der Waals surface area contributed by atoms with E-state index in [1.165, 1.54) is 6.07 Å². The highest BCUT2D eigenvalue weighted by Crippen LogP contribution is 2.21. The highest BCUT2D eigenvalue weighted by molar-refractivity contribution is 6.30. The number of phenols is 1. The molecule has 0 unspecified atom stereocenters. The van der Waals surface area contributed by atoms with E-state index in [1.54, 1.807) is 18.2 Å². The number of carbonyl (C=O) groups is 2. The summed E-state index contributed by atoms with van der Waals surface area (Å²) in [4.78, 5) is 33.6. The van der Waals surface area contributed by atoms with Crippen molar-refractivity contribution >= 4 is 35.3 Å². The molecule has 134 valence electrons. The monoisotopic (exact) mass is 376 g/mol. The molecule has 0 fully saturated rings. The third-order valence-electron chi connectivity index (χ3n) is 3.11. The third-order valence-corrected chi connectivity index (χ3v) is 3.35. The van der Waals surface area contributed by atoms with E-state index in [0.29, 0.717) is 10.6 Å². The van der Waals surface area contributed by atoms with Gasteiger partial charge in [-0.25, -0.2) is 5.43 Å². The number of non-ortho nitro benzene ring substituents is 1. The lowest BCUT2D eigenvalue weighted by Gasteiger charge is -2.04. The summed E-state index contributed by atoms with van der Waals surface area (Å²) < 4.78 is 0. The molecule has 10 heteroatoms. The van der Waals surface area contributed by atoms with Gasteiger partial charge < -0.3 is 10.4 Å². The zero-order valence-corrected chi connectivity index (χ0v) is 13.9. The second kappa shape index (κ2) is 8.58. The van der Waals surface area contributed by atoms with Gasteiger partial charge in [0.15, 0.2) is 0 Å². The second-order valence-electron chi connectivity index (χ2n) is 4.99. The maximum Gasteiger partial charge on any atom is 0.270 e. The van der Waals surface area contributed by atoms with E-state index in [2.05, 4.69) is 15.8 Å². The predicted molar refractivity (Wildman–Crippen MR) is 94.3 cm³/mol. The molecule has 0 aliphatic heterocycles. The highest BCUT2D eigenvalue weighted by Gasteiger charge is 2.10. The summed E-state index contributed by atoms with van der Waals surface area (Å²) in [5.41, 5.74) is 2.26. The Morgan fingerprint density at radius 3 is 2.73 bits per heavy atom. The van der Waals surface area contributed by atoms with Crippen molar-refractivity contribution in [1.29, 1.82) is 0 Å². The van der Waals surface area contributed by atoms with Crippen LogP contribution in [0.3, 0.4) is 0 Å². The number of hydrogen-bond acceptors (Lipinski definition) is 6. The fourth-order valence-electron chi connectivity index (χ4n) is 1.86. The van der Waals surface area contributed by atoms with Crippen molar-refractivity contribution in [1.82, 2.24) is 10.7 Å². The van der Waals surface area contributed by atoms with E-state index in [4.69, 9.17) is 11.6 Å². The standard InChI is InChI=1S/C16H13ClN4O5/c17-12-3-1-2-10(6-12)16(24)18-9-15(23)20-19-8-11-7-13(21(25)26)4-5-14(11)22/h1-8,22H,9H2,(H,18,24)(H,20,23)/b19-8+. The molecule has 26 heavy (non-hydrogen) atoms. The van der Waals surface area contributed by atoms with Crippen LogP contribution in [0.25, 0.3) is 0 Å². The van der Waals surface area contributed by atoms with Gasteiger partial charge in [0.2, 0.25) is 0 Å². The van der Waals surface area contributed by atoms with Gasteiger partial charge in [-0.3, -0.25) is 19.7 Å². The van der Waals surface area contributed by atoms with Crippen LogP contribution in [-0.2, 0) is 4.79 Å². The largest absolute Gasteiger partial charge is 0.507 e. The first-order chi connectivity index (χ1) is 12.4. The molecule has 0 aliphatic rings. The van der Waals surface area contributed by atoms with Crippen LogP contribution < -0.4 is 10.7 Å². The quantitative estimate of drug-likeness (QED) is 0.401. The summed E-state index contributed by atoms with van der Waals surface area (Å²) in [6, 6.07) is 9.60. The van der Waals surface area contributed by atoms with E-state index >= 15 is 0 Å². The molecule has 2 aromatic carbocycles. The summed E-state index contributed by atoms with van der Waals surface area (Å²) in [6.07, 6.45) is 1.05. The number of nitrogens with one attached hydrogen (secondary N) is 2. The van der Waals surface area contributed by atoms with Crippen LogP contribution in [0.5, 0.6) is 5.75 Å². The van der Waals surface area contributed by atoms with Gasteiger partial charge in [0.05, 0.1) is 17.7 Å². The van der Waals surface area contributed by atoms with Crippen molar-refractivity contribution in [3.63, 3.8) is 0 Å². The van der Waals surface area contributed by atoms with Crippen molar-refractivity contribution < 1.29 is 19.6 Å². The Balaban J connectivity index is 1.89. The molecule has 0 saturated heterocycles. The molecule has 0 heterocycles. The summed E-state index contributed by atoms with van der Waals surface area (Å²) in [5, 5.41) is 26.7. The molecule has 0 atom stereocenters. The van der Waals surface area contributed by atoms with E-state index in [1.807, 2.05) is 0 Å². The number of carbonyl (C=O) groups excluding carboxylic acids is 2. The van der Waals surface area contributed by atoms with E-state index in [0.717, 1.165) is 24.4 Å². The van der Waals surface area contributed by atoms with Crippen LogP contribution in [-0.4, -0.2) is 34.6 Å². The number of nitro benzene ring substituents is 1. The van der Waals surface area contributed by atoms with Crippen LogP contribution in [0.1, 0.15) is 15.9 Å². The zero-order valence-electron chi connectivity index (χ0n) is 13.2. The third kappa shape index (κ3) is 5.28. The topological polar surface area (TPSA) is 134 Å². The molecule has 0 aromatic heterocycles. The van der Waals surface area contributed by atoms with Gasteiger partial charge in [-0.2, -0.15) is 5.10 Å². The Kier molecular flexibility index (Phi) is 6.23. The molecule has 0 bridgehead atoms. The van der Waals surface area contributed by atoms with Crippen LogP contribution in [0, 0.1) is 10.1 Å². The SMILES string of the molecule is O=C(CNC(=O)c1cccc(Cl)c1)N/N=C/c1cc([N+](=O)[O-])ccc1O. The van der Waals surface area contributed by atoms with Crippen molar-refractivity contribution in [2.75, 3.05) is 6.54 Å². The van der Waals surface area contributed by atoms with Crippen molar-refractivity contribution in [2.24, 2.45) is 5.10 Å². The molecule has 2 aromatic rings. The van der Waals surface area contributed by atoms with Crippen molar-refractivity contribution in [3.05, 3.63) is 68.7 Å². The minimum atomic E-state index is -0.624. The fourth-order valence-corrected chi connectivity index (χ4v) is 2.05. The van der Waals surface area contributed by atoms with Crippen molar-refractivity contribution in [2.45, 2.75) is 0 Å². The molecule has 2 rings (SSSR count). The van der Waals surface area contributed by atoms with Gasteiger partial charge in [-0.15, -0.1) is 0 Å². The minimum absolute atomic E-state index is 0.0578. The summed E-state index contributed by atoms with van der Waals surface area (Å²) in [6.45, 7) is -0.344. The number of benzene rings is 2. The van der Waals surface area contributed by atoms with Crippen molar-refractivity contribution in [3.8, 4) is 5.75 Å². The average Bonchev–Trinajstić information content (AvgIpc) is 2.61. The number of hydrogen-bond donors (Lipinski definition) is 3. The summed E-state index contributed by atoms with van der Waals surface area (Å²) >= 11 is 5.78. The number of nitro groups is 1. The maximum absolute atomic E-state index is 11.9. The Hall–Kier alpha value is -3.46. The maximum atomic E-state index is 11.9. The predicted octanol–water partition coefficient (Wildman–Crippen LogP) is 1.83. The summed E-state index contributed by atoms with van der Waals surface area (Å²) in [7, 11) is 0. The number of hydrazone groups is 1. The Morgan fingerprint density at radius 2 is 2.04 bits per heavy atom. The molecule has 9 nitrogen and oxygen atoms in total. The van der Waals surface area contributed by atoms with Crippen LogP contribution in [0.4, 0.5) is 5.69 Å². The van der Waals surface area contributed by atoms with E-state index < -0.39 is 16.7 Å². The minimum Gasteiger partial charge on any atom is -0.507 e. The Morgan fingerprint density at radius 1 is 1.27 bits per heavy atom. The highest BCUT2D eigenvalue weighted by atomic mass is 35.5. The van der Waals surface area contributed by atoms with Gasteiger partial charge in [0, 0.05) is 28.3 Å². The number of nitrogens with zero attached hydrogens (tertiary/aromatic N) is 2. The molecule has 0 spiro atoms. The van der Waals surface area contributed by atoms with Crippen LogP contribution in [0.15, 0.2) is 47.6 Å². The first-order valence-corrected chi connectivity index (χ1v) is 7.57. The first-order valence-electron chi connectivity index (χ1n) is 7.20. The fraction of sp³-hybridized carbons (Fsp3) is 0.0625. The number of phenolic OH excluding ortho intramolecular Hbond substituents is 1. The van der Waals surface area contributed by atoms with Crippen LogP contribution >= 0.6 is 11.6 Å². The molecule has 0 aliphatic carbocycles. The summed E-state index contributed by atoms with van der Waals surface area (Å²) in [5.74, 6) is -1.34. The van der Waals surface area contributed by atoms with E-state index in [-0.39, 0.29) is 23.5 Å².